The zero-order chi connectivity index (χ0) is 13.7. The first-order chi connectivity index (χ1) is 8.40. The molecule has 0 radical (unpaired) electrons. The van der Waals surface area contributed by atoms with Gasteiger partial charge in [0.2, 0.25) is 0 Å². The maximum absolute atomic E-state index is 11.9. The molecule has 18 heavy (non-hydrogen) atoms. The maximum atomic E-state index is 11.9. The lowest BCUT2D eigenvalue weighted by atomic mass is 10.1. The first-order valence-corrected chi connectivity index (χ1v) is 7.76. The smallest absolute Gasteiger partial charge is 0.251 e. The molecule has 1 aromatic heterocycles. The van der Waals surface area contributed by atoms with E-state index in [-0.39, 0.29) is 11.8 Å². The SMILES string of the molecule is CC(C)c1cc(C(=O)NCCS(C)=O)cc(Cl)n1. The third-order valence-electron chi connectivity index (χ3n) is 2.34. The molecule has 0 aromatic carbocycles. The van der Waals surface area contributed by atoms with Gasteiger partial charge in [-0.05, 0) is 18.1 Å². The number of halogens is 1. The van der Waals surface area contributed by atoms with Crippen LogP contribution in [0.1, 0.15) is 35.8 Å². The number of pyridine rings is 1. The number of amides is 1. The lowest BCUT2D eigenvalue weighted by molar-refractivity contribution is 0.0956. The molecule has 1 unspecified atom stereocenters. The Morgan fingerprint density at radius 3 is 2.72 bits per heavy atom. The third-order valence-corrected chi connectivity index (χ3v) is 3.32. The van der Waals surface area contributed by atoms with E-state index in [1.807, 2.05) is 13.8 Å². The predicted molar refractivity (Wildman–Crippen MR) is 74.6 cm³/mol. The Hall–Kier alpha value is -0.940. The summed E-state index contributed by atoms with van der Waals surface area (Å²) in [6, 6.07) is 3.26. The Balaban J connectivity index is 2.76. The van der Waals surface area contributed by atoms with Crippen LogP contribution in [-0.2, 0) is 10.8 Å². The summed E-state index contributed by atoms with van der Waals surface area (Å²) in [4.78, 5) is 16.0. The molecule has 100 valence electrons. The lowest BCUT2D eigenvalue weighted by Gasteiger charge is -2.09. The normalized spacial score (nSPS) is 12.5. The summed E-state index contributed by atoms with van der Waals surface area (Å²) in [6.07, 6.45) is 1.60. The van der Waals surface area contributed by atoms with Crippen LogP contribution in [0.5, 0.6) is 0 Å². The van der Waals surface area contributed by atoms with E-state index in [0.717, 1.165) is 5.69 Å². The van der Waals surface area contributed by atoms with Gasteiger partial charge in [-0.3, -0.25) is 9.00 Å². The molecule has 0 fully saturated rings. The van der Waals surface area contributed by atoms with Crippen molar-refractivity contribution in [3.63, 3.8) is 0 Å². The average molecular weight is 289 g/mol. The van der Waals surface area contributed by atoms with E-state index < -0.39 is 10.8 Å². The largest absolute Gasteiger partial charge is 0.351 e. The molecule has 1 heterocycles. The molecule has 1 aromatic rings. The Morgan fingerprint density at radius 1 is 1.50 bits per heavy atom. The van der Waals surface area contributed by atoms with Crippen LogP contribution in [0.2, 0.25) is 5.15 Å². The summed E-state index contributed by atoms with van der Waals surface area (Å²) in [7, 11) is -0.908. The first kappa shape index (κ1) is 15.1. The van der Waals surface area contributed by atoms with Gasteiger partial charge < -0.3 is 5.32 Å². The molecular weight excluding hydrogens is 272 g/mol. The van der Waals surface area contributed by atoms with Crippen molar-refractivity contribution in [2.45, 2.75) is 19.8 Å². The fourth-order valence-electron chi connectivity index (χ4n) is 1.35. The number of hydrogen-bond donors (Lipinski definition) is 1. The van der Waals surface area contributed by atoms with Gasteiger partial charge in [-0.15, -0.1) is 0 Å². The minimum atomic E-state index is -0.908. The summed E-state index contributed by atoms with van der Waals surface area (Å²) in [5, 5.41) is 3.02. The van der Waals surface area contributed by atoms with E-state index in [9.17, 15) is 9.00 Å². The van der Waals surface area contributed by atoms with Gasteiger partial charge in [0, 0.05) is 40.6 Å². The van der Waals surface area contributed by atoms with E-state index >= 15 is 0 Å². The van der Waals surface area contributed by atoms with Crippen LogP contribution in [0.3, 0.4) is 0 Å². The van der Waals surface area contributed by atoms with Gasteiger partial charge in [0.1, 0.15) is 5.15 Å². The zero-order valence-electron chi connectivity index (χ0n) is 10.7. The second-order valence-electron chi connectivity index (χ2n) is 4.29. The average Bonchev–Trinajstić information content (AvgIpc) is 2.27. The highest BCUT2D eigenvalue weighted by Crippen LogP contribution is 2.17. The van der Waals surface area contributed by atoms with Gasteiger partial charge >= 0.3 is 0 Å². The third kappa shape index (κ3) is 4.74. The van der Waals surface area contributed by atoms with Crippen molar-refractivity contribution in [2.24, 2.45) is 0 Å². The molecule has 0 aliphatic rings. The topological polar surface area (TPSA) is 59.1 Å². The van der Waals surface area contributed by atoms with Crippen LogP contribution in [0.15, 0.2) is 12.1 Å². The van der Waals surface area contributed by atoms with Gasteiger partial charge in [0.15, 0.2) is 0 Å². The minimum absolute atomic E-state index is 0.207. The fourth-order valence-corrected chi connectivity index (χ4v) is 1.96. The Bertz CT molecular complexity index is 463. The van der Waals surface area contributed by atoms with Crippen LogP contribution in [-0.4, -0.2) is 33.7 Å². The summed E-state index contributed by atoms with van der Waals surface area (Å²) < 4.78 is 10.9. The van der Waals surface area contributed by atoms with E-state index in [1.165, 1.54) is 6.07 Å². The highest BCUT2D eigenvalue weighted by molar-refractivity contribution is 7.84. The monoisotopic (exact) mass is 288 g/mol. The number of aromatic nitrogens is 1. The number of carbonyl (C=O) groups is 1. The molecule has 4 nitrogen and oxygen atoms in total. The molecule has 0 aliphatic heterocycles. The van der Waals surface area contributed by atoms with Crippen LogP contribution < -0.4 is 5.32 Å². The van der Waals surface area contributed by atoms with Gasteiger partial charge in [0.25, 0.3) is 5.91 Å². The number of nitrogens with one attached hydrogen (secondary N) is 1. The summed E-state index contributed by atoms with van der Waals surface area (Å²) in [6.45, 7) is 4.36. The number of nitrogens with zero attached hydrogens (tertiary/aromatic N) is 1. The summed E-state index contributed by atoms with van der Waals surface area (Å²) in [5.41, 5.74) is 1.27. The highest BCUT2D eigenvalue weighted by atomic mass is 35.5. The standard InChI is InChI=1S/C12H17ClN2O2S/c1-8(2)10-6-9(7-11(13)15-10)12(16)14-4-5-18(3)17/h6-8H,4-5H2,1-3H3,(H,14,16). The first-order valence-electron chi connectivity index (χ1n) is 5.66. The quantitative estimate of drug-likeness (QED) is 0.843. The van der Waals surface area contributed by atoms with Gasteiger partial charge in [0.05, 0.1) is 0 Å². The van der Waals surface area contributed by atoms with E-state index in [0.29, 0.717) is 23.0 Å². The van der Waals surface area contributed by atoms with E-state index in [2.05, 4.69) is 10.3 Å². The molecule has 0 saturated heterocycles. The van der Waals surface area contributed by atoms with Crippen LogP contribution in [0, 0.1) is 0 Å². The predicted octanol–water partition coefficient (Wildman–Crippen LogP) is 1.97. The van der Waals surface area contributed by atoms with Crippen molar-refractivity contribution in [3.8, 4) is 0 Å². The number of hydrogen-bond acceptors (Lipinski definition) is 3. The molecule has 0 bridgehead atoms. The number of carbonyl (C=O) groups excluding carboxylic acids is 1. The molecule has 0 saturated carbocycles. The Labute approximate surface area is 115 Å². The highest BCUT2D eigenvalue weighted by Gasteiger charge is 2.10. The van der Waals surface area contributed by atoms with E-state index in [1.54, 1.807) is 12.3 Å². The van der Waals surface area contributed by atoms with Gasteiger partial charge in [-0.25, -0.2) is 4.98 Å². The summed E-state index contributed by atoms with van der Waals surface area (Å²) in [5.74, 6) is 0.437. The fraction of sp³-hybridized carbons (Fsp3) is 0.500. The molecule has 1 N–H and O–H groups in total. The summed E-state index contributed by atoms with van der Waals surface area (Å²) >= 11 is 5.88. The van der Waals surface area contributed by atoms with Crippen molar-refractivity contribution in [3.05, 3.63) is 28.5 Å². The van der Waals surface area contributed by atoms with Crippen molar-refractivity contribution >= 4 is 28.3 Å². The molecule has 0 spiro atoms. The molecule has 1 rings (SSSR count). The molecule has 0 aliphatic carbocycles. The van der Waals surface area contributed by atoms with Crippen molar-refractivity contribution in [1.29, 1.82) is 0 Å². The molecule has 1 atom stereocenters. The molecular formula is C12H17ClN2O2S. The second kappa shape index (κ2) is 6.85. The maximum Gasteiger partial charge on any atom is 0.251 e. The van der Waals surface area contributed by atoms with Gasteiger partial charge in [-0.1, -0.05) is 25.4 Å². The van der Waals surface area contributed by atoms with E-state index in [4.69, 9.17) is 11.6 Å². The molecule has 6 heteroatoms. The van der Waals surface area contributed by atoms with Gasteiger partial charge in [-0.2, -0.15) is 0 Å². The van der Waals surface area contributed by atoms with Crippen molar-refractivity contribution < 1.29 is 9.00 Å². The minimum Gasteiger partial charge on any atom is -0.351 e. The molecule has 1 amide bonds. The second-order valence-corrected chi connectivity index (χ2v) is 6.23. The van der Waals surface area contributed by atoms with Crippen LogP contribution in [0.4, 0.5) is 0 Å². The lowest BCUT2D eigenvalue weighted by Crippen LogP contribution is -2.27. The van der Waals surface area contributed by atoms with Crippen molar-refractivity contribution in [2.75, 3.05) is 18.6 Å². The van der Waals surface area contributed by atoms with Crippen molar-refractivity contribution in [1.82, 2.24) is 10.3 Å². The number of rotatable bonds is 5. The van der Waals surface area contributed by atoms with Crippen LogP contribution >= 0.6 is 11.6 Å². The Kier molecular flexibility index (Phi) is 5.75. The Morgan fingerprint density at radius 2 is 2.17 bits per heavy atom. The van der Waals surface area contributed by atoms with Crippen LogP contribution in [0.25, 0.3) is 0 Å². The zero-order valence-corrected chi connectivity index (χ0v) is 12.3.